The lowest BCUT2D eigenvalue weighted by atomic mass is 9.93. The maximum absolute atomic E-state index is 13.1. The standard InChI is InChI=1S/C29H21N3O4/c33-28(20-11-5-2-6-12-20)24-17-15-22(30-24)27(19-9-3-1-4-10-19)23-16-18-25(31-23)29(34)21-13-7-8-14-26(21)32(35)36/h1-18,27,30-31H. The van der Waals surface area contributed by atoms with Crippen LogP contribution in [-0.4, -0.2) is 26.5 Å². The van der Waals surface area contributed by atoms with Crippen LogP contribution in [0.1, 0.15) is 55.0 Å². The van der Waals surface area contributed by atoms with Crippen molar-refractivity contribution in [3.63, 3.8) is 0 Å². The lowest BCUT2D eigenvalue weighted by molar-refractivity contribution is -0.385. The van der Waals surface area contributed by atoms with Gasteiger partial charge in [0.1, 0.15) is 5.56 Å². The third kappa shape index (κ3) is 4.37. The van der Waals surface area contributed by atoms with Crippen LogP contribution in [0.15, 0.2) is 109 Å². The van der Waals surface area contributed by atoms with Gasteiger partial charge in [0.15, 0.2) is 0 Å². The first-order valence-corrected chi connectivity index (χ1v) is 11.3. The van der Waals surface area contributed by atoms with Gasteiger partial charge in [-0.3, -0.25) is 19.7 Å². The SMILES string of the molecule is O=C(c1ccccc1)c1ccc(C(c2ccccc2)c2ccc(C(=O)c3ccccc3[N+](=O)[O-])[nH]2)[nH]1. The quantitative estimate of drug-likeness (QED) is 0.166. The van der Waals surface area contributed by atoms with Crippen LogP contribution in [0.2, 0.25) is 0 Å². The molecule has 7 nitrogen and oxygen atoms in total. The van der Waals surface area contributed by atoms with Crippen molar-refractivity contribution in [2.24, 2.45) is 0 Å². The molecule has 0 aliphatic rings. The lowest BCUT2D eigenvalue weighted by Gasteiger charge is -2.15. The van der Waals surface area contributed by atoms with E-state index in [0.717, 1.165) is 11.3 Å². The Bertz CT molecular complexity index is 1550. The number of nitro groups is 1. The molecule has 176 valence electrons. The van der Waals surface area contributed by atoms with Gasteiger partial charge >= 0.3 is 0 Å². The number of hydrogen-bond donors (Lipinski definition) is 2. The minimum atomic E-state index is -0.561. The van der Waals surface area contributed by atoms with E-state index in [-0.39, 0.29) is 28.6 Å². The molecule has 5 rings (SSSR count). The van der Waals surface area contributed by atoms with Crippen molar-refractivity contribution in [2.75, 3.05) is 0 Å². The molecule has 0 bridgehead atoms. The normalized spacial score (nSPS) is 11.7. The number of aromatic nitrogens is 2. The zero-order chi connectivity index (χ0) is 25.1. The smallest absolute Gasteiger partial charge is 0.280 e. The van der Waals surface area contributed by atoms with Crippen LogP contribution < -0.4 is 0 Å². The predicted octanol–water partition coefficient (Wildman–Crippen LogP) is 5.89. The van der Waals surface area contributed by atoms with E-state index in [1.807, 2.05) is 54.6 Å². The van der Waals surface area contributed by atoms with E-state index >= 15 is 0 Å². The third-order valence-corrected chi connectivity index (χ3v) is 6.04. The van der Waals surface area contributed by atoms with Crippen molar-refractivity contribution in [3.8, 4) is 0 Å². The summed E-state index contributed by atoms with van der Waals surface area (Å²) in [4.78, 5) is 43.4. The molecular formula is C29H21N3O4. The second-order valence-corrected chi connectivity index (χ2v) is 8.30. The molecule has 1 atom stereocenters. The van der Waals surface area contributed by atoms with Gasteiger partial charge in [0.2, 0.25) is 11.6 Å². The van der Waals surface area contributed by atoms with E-state index in [4.69, 9.17) is 0 Å². The fourth-order valence-electron chi connectivity index (χ4n) is 4.31. The van der Waals surface area contributed by atoms with Crippen LogP contribution in [0.3, 0.4) is 0 Å². The Kier molecular flexibility index (Phi) is 6.11. The van der Waals surface area contributed by atoms with Crippen LogP contribution in [0.25, 0.3) is 0 Å². The van der Waals surface area contributed by atoms with Gasteiger partial charge in [-0.2, -0.15) is 0 Å². The summed E-state index contributed by atoms with van der Waals surface area (Å²) in [7, 11) is 0. The summed E-state index contributed by atoms with van der Waals surface area (Å²) in [6.07, 6.45) is 0. The van der Waals surface area contributed by atoms with Crippen LogP contribution in [0, 0.1) is 10.1 Å². The van der Waals surface area contributed by atoms with E-state index in [1.165, 1.54) is 18.2 Å². The molecule has 0 amide bonds. The average molecular weight is 476 g/mol. The Morgan fingerprint density at radius 2 is 1.17 bits per heavy atom. The van der Waals surface area contributed by atoms with Gasteiger partial charge in [0.05, 0.1) is 22.2 Å². The summed E-state index contributed by atoms with van der Waals surface area (Å²) in [6, 6.07) is 31.6. The molecule has 3 aromatic carbocycles. The molecule has 5 aromatic rings. The minimum absolute atomic E-state index is 0.0165. The maximum atomic E-state index is 13.1. The number of ketones is 2. The lowest BCUT2D eigenvalue weighted by Crippen LogP contribution is -2.08. The molecule has 0 aliphatic carbocycles. The number of aromatic amines is 2. The van der Waals surface area contributed by atoms with Crippen molar-refractivity contribution in [2.45, 2.75) is 5.92 Å². The van der Waals surface area contributed by atoms with Gasteiger partial charge in [-0.25, -0.2) is 0 Å². The topological polar surface area (TPSA) is 109 Å². The van der Waals surface area contributed by atoms with E-state index in [9.17, 15) is 19.7 Å². The molecule has 7 heteroatoms. The van der Waals surface area contributed by atoms with Gasteiger partial charge < -0.3 is 9.97 Å². The Balaban J connectivity index is 1.52. The number of benzene rings is 3. The minimum Gasteiger partial charge on any atom is -0.355 e. The summed E-state index contributed by atoms with van der Waals surface area (Å²) in [5, 5.41) is 11.4. The highest BCUT2D eigenvalue weighted by molar-refractivity contribution is 6.10. The number of rotatable bonds is 8. The monoisotopic (exact) mass is 475 g/mol. The van der Waals surface area contributed by atoms with Crippen molar-refractivity contribution in [3.05, 3.63) is 159 Å². The molecule has 1 unspecified atom stereocenters. The van der Waals surface area contributed by atoms with Gasteiger partial charge in [-0.1, -0.05) is 72.8 Å². The largest absolute Gasteiger partial charge is 0.355 e. The Hall–Kier alpha value is -5.04. The van der Waals surface area contributed by atoms with Crippen LogP contribution in [0.5, 0.6) is 0 Å². The molecule has 0 saturated heterocycles. The molecule has 0 fully saturated rings. The summed E-state index contributed by atoms with van der Waals surface area (Å²) >= 11 is 0. The zero-order valence-corrected chi connectivity index (χ0v) is 19.0. The first kappa shape index (κ1) is 22.7. The predicted molar refractivity (Wildman–Crippen MR) is 135 cm³/mol. The molecule has 36 heavy (non-hydrogen) atoms. The first-order chi connectivity index (χ1) is 17.5. The third-order valence-electron chi connectivity index (χ3n) is 6.04. The molecule has 0 radical (unpaired) electrons. The van der Waals surface area contributed by atoms with Gasteiger partial charge in [0, 0.05) is 23.0 Å². The number of H-pyrrole nitrogens is 2. The van der Waals surface area contributed by atoms with Gasteiger partial charge in [0.25, 0.3) is 5.69 Å². The maximum Gasteiger partial charge on any atom is 0.280 e. The fraction of sp³-hybridized carbons (Fsp3) is 0.0345. The number of nitro benzene ring substituents is 1. The van der Waals surface area contributed by atoms with E-state index in [0.29, 0.717) is 17.0 Å². The van der Waals surface area contributed by atoms with Gasteiger partial charge in [-0.15, -0.1) is 0 Å². The van der Waals surface area contributed by atoms with E-state index in [1.54, 1.807) is 36.4 Å². The van der Waals surface area contributed by atoms with Crippen molar-refractivity contribution in [1.29, 1.82) is 0 Å². The Morgan fingerprint density at radius 1 is 0.639 bits per heavy atom. The Morgan fingerprint density at radius 3 is 1.78 bits per heavy atom. The average Bonchev–Trinajstić information content (AvgIpc) is 3.60. The summed E-state index contributed by atoms with van der Waals surface area (Å²) in [5.41, 5.74) is 3.49. The number of carbonyl (C=O) groups is 2. The molecule has 0 spiro atoms. The van der Waals surface area contributed by atoms with Crippen LogP contribution in [0.4, 0.5) is 5.69 Å². The highest BCUT2D eigenvalue weighted by Crippen LogP contribution is 2.32. The first-order valence-electron chi connectivity index (χ1n) is 11.3. The number of hydrogen-bond acceptors (Lipinski definition) is 4. The second kappa shape index (κ2) is 9.68. The highest BCUT2D eigenvalue weighted by Gasteiger charge is 2.25. The van der Waals surface area contributed by atoms with Gasteiger partial charge in [-0.05, 0) is 35.9 Å². The van der Waals surface area contributed by atoms with Crippen molar-refractivity contribution >= 4 is 17.3 Å². The summed E-state index contributed by atoms with van der Waals surface area (Å²) < 4.78 is 0. The second-order valence-electron chi connectivity index (χ2n) is 8.30. The Labute approximate surface area is 206 Å². The number of para-hydroxylation sites is 1. The number of carbonyl (C=O) groups excluding carboxylic acids is 2. The van der Waals surface area contributed by atoms with E-state index < -0.39 is 10.7 Å². The number of nitrogens with one attached hydrogen (secondary N) is 2. The molecular weight excluding hydrogens is 454 g/mol. The van der Waals surface area contributed by atoms with Crippen molar-refractivity contribution in [1.82, 2.24) is 9.97 Å². The molecule has 2 aromatic heterocycles. The summed E-state index contributed by atoms with van der Waals surface area (Å²) in [5.74, 6) is -0.907. The molecule has 2 N–H and O–H groups in total. The van der Waals surface area contributed by atoms with Crippen molar-refractivity contribution < 1.29 is 14.5 Å². The van der Waals surface area contributed by atoms with Crippen LogP contribution in [-0.2, 0) is 0 Å². The molecule has 2 heterocycles. The highest BCUT2D eigenvalue weighted by atomic mass is 16.6. The number of nitrogens with zero attached hydrogens (tertiary/aromatic N) is 1. The van der Waals surface area contributed by atoms with Crippen LogP contribution >= 0.6 is 0 Å². The fourth-order valence-corrected chi connectivity index (χ4v) is 4.31. The van der Waals surface area contributed by atoms with E-state index in [2.05, 4.69) is 9.97 Å². The summed E-state index contributed by atoms with van der Waals surface area (Å²) in [6.45, 7) is 0. The molecule has 0 saturated carbocycles. The molecule has 0 aliphatic heterocycles. The zero-order valence-electron chi connectivity index (χ0n) is 19.0.